The minimum Gasteiger partial charge on any atom is -0.507 e. The summed E-state index contributed by atoms with van der Waals surface area (Å²) in [5, 5.41) is 15.3. The van der Waals surface area contributed by atoms with Crippen LogP contribution in [0.15, 0.2) is 61.3 Å². The van der Waals surface area contributed by atoms with Crippen LogP contribution in [0.5, 0.6) is 5.75 Å². The van der Waals surface area contributed by atoms with E-state index < -0.39 is 10.0 Å². The minimum atomic E-state index is -3.68. The third-order valence-electron chi connectivity index (χ3n) is 3.28. The monoisotopic (exact) mass is 393 g/mol. The third-order valence-corrected chi connectivity index (χ3v) is 5.10. The van der Waals surface area contributed by atoms with Crippen LogP contribution in [-0.2, 0) is 10.0 Å². The number of aromatic hydroxyl groups is 1. The highest BCUT2D eigenvalue weighted by Crippen LogP contribution is 2.27. The molecule has 0 saturated carbocycles. The van der Waals surface area contributed by atoms with E-state index in [1.54, 1.807) is 37.4 Å². The molecular weight excluding hydrogens is 382 g/mol. The van der Waals surface area contributed by atoms with Crippen molar-refractivity contribution in [3.05, 3.63) is 58.1 Å². The fourth-order valence-electron chi connectivity index (χ4n) is 2.15. The fraction of sp³-hybridized carbons (Fsp3) is 0.0667. The Balaban J connectivity index is 1.94. The van der Waals surface area contributed by atoms with Crippen LogP contribution in [0.1, 0.15) is 11.1 Å². The molecule has 1 aliphatic heterocycles. The van der Waals surface area contributed by atoms with E-state index >= 15 is 0 Å². The van der Waals surface area contributed by atoms with Gasteiger partial charge >= 0.3 is 0 Å². The van der Waals surface area contributed by atoms with E-state index in [1.165, 1.54) is 23.4 Å². The maximum absolute atomic E-state index is 12.0. The lowest BCUT2D eigenvalue weighted by molar-refractivity contribution is 0.474. The molecule has 1 N–H and O–H groups in total. The molecule has 0 unspecified atom stereocenters. The number of amidine groups is 1. The normalized spacial score (nSPS) is 15.5. The molecule has 0 atom stereocenters. The molecule has 0 saturated heterocycles. The van der Waals surface area contributed by atoms with Crippen LogP contribution in [-0.4, -0.2) is 37.6 Å². The quantitative estimate of drug-likeness (QED) is 0.627. The molecule has 0 aliphatic carbocycles. The zero-order valence-corrected chi connectivity index (χ0v) is 14.4. The molecule has 6 nitrogen and oxygen atoms in total. The maximum Gasteiger partial charge on any atom is 0.285 e. The second-order valence-corrected chi connectivity index (χ2v) is 7.35. The molecule has 1 heterocycles. The Kier molecular flexibility index (Phi) is 3.95. The molecule has 0 amide bonds. The van der Waals surface area contributed by atoms with Gasteiger partial charge in [-0.3, -0.25) is 0 Å². The van der Waals surface area contributed by atoms with Crippen LogP contribution in [0, 0.1) is 0 Å². The zero-order chi connectivity index (χ0) is 16.6. The predicted molar refractivity (Wildman–Crippen MR) is 91.3 cm³/mol. The number of benzene rings is 2. The first kappa shape index (κ1) is 15.7. The standard InChI is InChI=1S/C15H12BrN3O3S/c1-19(17-9-10-8-11(16)6-7-13(10)20)15-12-4-2-3-5-14(12)23(21,22)18-15/h2-9,20H,1H3/b17-9+. The summed E-state index contributed by atoms with van der Waals surface area (Å²) in [5.74, 6) is 0.318. The van der Waals surface area contributed by atoms with Gasteiger partial charge in [0.15, 0.2) is 5.84 Å². The van der Waals surface area contributed by atoms with Gasteiger partial charge in [0.05, 0.1) is 6.21 Å². The van der Waals surface area contributed by atoms with E-state index in [2.05, 4.69) is 25.4 Å². The first-order valence-corrected chi connectivity index (χ1v) is 8.82. The summed E-state index contributed by atoms with van der Waals surface area (Å²) in [6, 6.07) is 11.5. The number of rotatable bonds is 2. The van der Waals surface area contributed by atoms with Crippen molar-refractivity contribution in [1.82, 2.24) is 5.01 Å². The van der Waals surface area contributed by atoms with Crippen molar-refractivity contribution in [1.29, 1.82) is 0 Å². The molecule has 1 aliphatic rings. The lowest BCUT2D eigenvalue weighted by atomic mass is 10.2. The molecule has 118 valence electrons. The summed E-state index contributed by atoms with van der Waals surface area (Å²) in [5.41, 5.74) is 1.01. The third kappa shape index (κ3) is 2.99. The second-order valence-electron chi connectivity index (χ2n) is 4.86. The molecule has 2 aromatic rings. The Morgan fingerprint density at radius 2 is 2.00 bits per heavy atom. The van der Waals surface area contributed by atoms with Crippen LogP contribution >= 0.6 is 15.9 Å². The van der Waals surface area contributed by atoms with Gasteiger partial charge in [0.2, 0.25) is 0 Å². The van der Waals surface area contributed by atoms with E-state index in [-0.39, 0.29) is 16.5 Å². The number of phenols is 1. The average Bonchev–Trinajstić information content (AvgIpc) is 2.80. The van der Waals surface area contributed by atoms with Crippen LogP contribution in [0.25, 0.3) is 0 Å². The number of hydrogen-bond donors (Lipinski definition) is 1. The highest BCUT2D eigenvalue weighted by Gasteiger charge is 2.30. The van der Waals surface area contributed by atoms with Crippen molar-refractivity contribution in [2.24, 2.45) is 9.50 Å². The second kappa shape index (κ2) is 5.78. The highest BCUT2D eigenvalue weighted by molar-refractivity contribution is 9.10. The molecule has 3 rings (SSSR count). The first-order valence-electron chi connectivity index (χ1n) is 6.59. The summed E-state index contributed by atoms with van der Waals surface area (Å²) in [7, 11) is -2.08. The van der Waals surface area contributed by atoms with Crippen LogP contribution in [0.2, 0.25) is 0 Å². The number of phenolic OH excluding ortho intramolecular Hbond substituents is 1. The number of fused-ring (bicyclic) bond motifs is 1. The Bertz CT molecular complexity index is 939. The summed E-state index contributed by atoms with van der Waals surface area (Å²) in [4.78, 5) is 0.169. The summed E-state index contributed by atoms with van der Waals surface area (Å²) < 4.78 is 28.6. The topological polar surface area (TPSA) is 82.3 Å². The van der Waals surface area contributed by atoms with Gasteiger partial charge in [-0.25, -0.2) is 5.01 Å². The predicted octanol–water partition coefficient (Wildman–Crippen LogP) is 2.57. The lowest BCUT2D eigenvalue weighted by Gasteiger charge is -2.12. The van der Waals surface area contributed by atoms with Gasteiger partial charge in [0.1, 0.15) is 10.6 Å². The Morgan fingerprint density at radius 3 is 2.78 bits per heavy atom. The van der Waals surface area contributed by atoms with Gasteiger partial charge < -0.3 is 5.11 Å². The molecule has 0 bridgehead atoms. The molecule has 0 radical (unpaired) electrons. The van der Waals surface area contributed by atoms with Crippen molar-refractivity contribution < 1.29 is 13.5 Å². The maximum atomic E-state index is 12.0. The van der Waals surface area contributed by atoms with E-state index in [0.29, 0.717) is 11.1 Å². The van der Waals surface area contributed by atoms with Gasteiger partial charge in [0.25, 0.3) is 10.0 Å². The van der Waals surface area contributed by atoms with Crippen molar-refractivity contribution in [2.45, 2.75) is 4.90 Å². The van der Waals surface area contributed by atoms with Crippen LogP contribution < -0.4 is 0 Å². The molecule has 0 aromatic heterocycles. The summed E-state index contributed by atoms with van der Waals surface area (Å²) in [6.45, 7) is 0. The summed E-state index contributed by atoms with van der Waals surface area (Å²) >= 11 is 3.32. The molecule has 0 spiro atoms. The highest BCUT2D eigenvalue weighted by atomic mass is 79.9. The number of hydrazone groups is 1. The van der Waals surface area contributed by atoms with E-state index in [1.807, 2.05) is 0 Å². The van der Waals surface area contributed by atoms with Crippen molar-refractivity contribution >= 4 is 38.0 Å². The van der Waals surface area contributed by atoms with Crippen molar-refractivity contribution in [3.63, 3.8) is 0 Å². The number of nitrogens with zero attached hydrogens (tertiary/aromatic N) is 3. The van der Waals surface area contributed by atoms with E-state index in [4.69, 9.17) is 0 Å². The van der Waals surface area contributed by atoms with E-state index in [0.717, 1.165) is 4.47 Å². The minimum absolute atomic E-state index is 0.0757. The van der Waals surface area contributed by atoms with Gasteiger partial charge in [0, 0.05) is 22.6 Å². The molecular formula is C15H12BrN3O3S. The Labute approximate surface area is 142 Å². The van der Waals surface area contributed by atoms with Crippen LogP contribution in [0.4, 0.5) is 0 Å². The van der Waals surface area contributed by atoms with Crippen molar-refractivity contribution in [3.8, 4) is 5.75 Å². The van der Waals surface area contributed by atoms with Gasteiger partial charge in [-0.1, -0.05) is 28.1 Å². The van der Waals surface area contributed by atoms with Crippen molar-refractivity contribution in [2.75, 3.05) is 7.05 Å². The molecule has 2 aromatic carbocycles. The van der Waals surface area contributed by atoms with Gasteiger partial charge in [-0.15, -0.1) is 4.40 Å². The Hall–Kier alpha value is -2.19. The smallest absolute Gasteiger partial charge is 0.285 e. The zero-order valence-electron chi connectivity index (χ0n) is 12.0. The SMILES string of the molecule is CN(/N=C/c1cc(Br)ccc1O)C1=NS(=O)(=O)c2ccccc21. The van der Waals surface area contributed by atoms with Gasteiger partial charge in [-0.2, -0.15) is 13.5 Å². The van der Waals surface area contributed by atoms with Gasteiger partial charge in [-0.05, 0) is 30.3 Å². The summed E-state index contributed by atoms with van der Waals surface area (Å²) in [6.07, 6.45) is 1.44. The largest absolute Gasteiger partial charge is 0.507 e. The number of sulfonamides is 1. The fourth-order valence-corrected chi connectivity index (χ4v) is 3.76. The molecule has 0 fully saturated rings. The molecule has 23 heavy (non-hydrogen) atoms. The lowest BCUT2D eigenvalue weighted by Crippen LogP contribution is -2.21. The average molecular weight is 394 g/mol. The number of halogens is 1. The van der Waals surface area contributed by atoms with Crippen LogP contribution in [0.3, 0.4) is 0 Å². The Morgan fingerprint density at radius 1 is 1.26 bits per heavy atom. The number of hydrogen-bond acceptors (Lipinski definition) is 5. The first-order chi connectivity index (χ1) is 10.9. The molecule has 8 heteroatoms. The van der Waals surface area contributed by atoms with E-state index in [9.17, 15) is 13.5 Å².